The first-order valence-corrected chi connectivity index (χ1v) is 4.11. The molecule has 0 radical (unpaired) electrons. The number of carboxylic acids is 1. The summed E-state index contributed by atoms with van der Waals surface area (Å²) in [5, 5.41) is 8.71. The Bertz CT molecular complexity index is 603. The van der Waals surface area contributed by atoms with E-state index in [0.717, 1.165) is 6.07 Å². The number of nitrogens with zero attached hydrogens (tertiary/aromatic N) is 2. The lowest BCUT2D eigenvalue weighted by Gasteiger charge is -2.02. The Morgan fingerprint density at radius 3 is 2.93 bits per heavy atom. The van der Waals surface area contributed by atoms with Crippen molar-refractivity contribution in [2.24, 2.45) is 0 Å². The Morgan fingerprint density at radius 1 is 1.53 bits per heavy atom. The fourth-order valence-corrected chi connectivity index (χ4v) is 1.26. The van der Waals surface area contributed by atoms with Gasteiger partial charge in [-0.25, -0.2) is 9.78 Å². The van der Waals surface area contributed by atoms with Crippen molar-refractivity contribution in [2.75, 3.05) is 5.73 Å². The predicted molar refractivity (Wildman–Crippen MR) is 52.8 cm³/mol. The molecule has 0 bridgehead atoms. The van der Waals surface area contributed by atoms with Crippen molar-refractivity contribution < 1.29 is 9.90 Å². The Hall–Kier alpha value is -2.37. The summed E-state index contributed by atoms with van der Waals surface area (Å²) in [7, 11) is 0. The van der Waals surface area contributed by atoms with Crippen LogP contribution in [0.25, 0.3) is 5.65 Å². The molecular formula is C9H7N3O3. The number of carboxylic acid groups (broad SMARTS) is 1. The van der Waals surface area contributed by atoms with E-state index in [0.29, 0.717) is 0 Å². The lowest BCUT2D eigenvalue weighted by atomic mass is 10.3. The van der Waals surface area contributed by atoms with Crippen LogP contribution >= 0.6 is 0 Å². The fraction of sp³-hybridized carbons (Fsp3) is 0. The van der Waals surface area contributed by atoms with Gasteiger partial charge in [-0.2, -0.15) is 0 Å². The molecule has 0 spiro atoms. The molecule has 2 aromatic heterocycles. The molecule has 0 unspecified atom stereocenters. The number of fused-ring (bicyclic) bond motifs is 1. The molecule has 6 heteroatoms. The van der Waals surface area contributed by atoms with E-state index in [9.17, 15) is 9.59 Å². The number of hydrogen-bond donors (Lipinski definition) is 2. The van der Waals surface area contributed by atoms with Crippen molar-refractivity contribution in [3.63, 3.8) is 0 Å². The third-order valence-electron chi connectivity index (χ3n) is 1.94. The number of hydrogen-bond acceptors (Lipinski definition) is 4. The van der Waals surface area contributed by atoms with E-state index in [2.05, 4.69) is 4.98 Å². The molecule has 15 heavy (non-hydrogen) atoms. The summed E-state index contributed by atoms with van der Waals surface area (Å²) >= 11 is 0. The van der Waals surface area contributed by atoms with Crippen LogP contribution in [0.1, 0.15) is 10.5 Å². The second-order valence-electron chi connectivity index (χ2n) is 2.94. The van der Waals surface area contributed by atoms with Gasteiger partial charge in [-0.3, -0.25) is 9.20 Å². The molecule has 3 N–H and O–H groups in total. The smallest absolute Gasteiger partial charge is 0.354 e. The fourth-order valence-electron chi connectivity index (χ4n) is 1.26. The molecule has 6 nitrogen and oxygen atoms in total. The highest BCUT2D eigenvalue weighted by Crippen LogP contribution is 2.08. The topological polar surface area (TPSA) is 97.7 Å². The second kappa shape index (κ2) is 3.09. The van der Waals surface area contributed by atoms with Gasteiger partial charge in [-0.05, 0) is 12.1 Å². The van der Waals surface area contributed by atoms with Gasteiger partial charge >= 0.3 is 5.97 Å². The van der Waals surface area contributed by atoms with Gasteiger partial charge in [0.2, 0.25) is 0 Å². The molecule has 2 rings (SSSR count). The normalized spacial score (nSPS) is 10.4. The summed E-state index contributed by atoms with van der Waals surface area (Å²) in [6.45, 7) is 0. The minimum absolute atomic E-state index is 0.155. The first-order valence-electron chi connectivity index (χ1n) is 4.11. The van der Waals surface area contributed by atoms with E-state index >= 15 is 0 Å². The van der Waals surface area contributed by atoms with Crippen LogP contribution in [0.15, 0.2) is 29.2 Å². The van der Waals surface area contributed by atoms with E-state index in [4.69, 9.17) is 10.8 Å². The summed E-state index contributed by atoms with van der Waals surface area (Å²) in [6, 6.07) is 4.09. The van der Waals surface area contributed by atoms with Crippen molar-refractivity contribution in [2.45, 2.75) is 0 Å². The summed E-state index contributed by atoms with van der Waals surface area (Å²) < 4.78 is 1.20. The summed E-state index contributed by atoms with van der Waals surface area (Å²) in [4.78, 5) is 25.9. The van der Waals surface area contributed by atoms with E-state index < -0.39 is 11.5 Å². The third-order valence-corrected chi connectivity index (χ3v) is 1.94. The average molecular weight is 205 g/mol. The monoisotopic (exact) mass is 205 g/mol. The van der Waals surface area contributed by atoms with Gasteiger partial charge in [-0.15, -0.1) is 0 Å². The van der Waals surface area contributed by atoms with Crippen LogP contribution in [-0.4, -0.2) is 20.5 Å². The van der Waals surface area contributed by atoms with Gasteiger partial charge in [0, 0.05) is 12.3 Å². The van der Waals surface area contributed by atoms with Gasteiger partial charge in [-0.1, -0.05) is 0 Å². The number of aromatic carboxylic acids is 1. The average Bonchev–Trinajstić information content (AvgIpc) is 2.19. The molecule has 2 aromatic rings. The number of rotatable bonds is 1. The van der Waals surface area contributed by atoms with E-state index in [-0.39, 0.29) is 17.0 Å². The molecule has 0 aromatic carbocycles. The number of nitrogens with two attached hydrogens (primary N) is 1. The Morgan fingerprint density at radius 2 is 2.27 bits per heavy atom. The van der Waals surface area contributed by atoms with E-state index in [1.54, 1.807) is 12.1 Å². The van der Waals surface area contributed by atoms with Crippen LogP contribution in [0.5, 0.6) is 0 Å². The van der Waals surface area contributed by atoms with Crippen molar-refractivity contribution >= 4 is 17.3 Å². The number of carbonyl (C=O) groups is 1. The zero-order valence-corrected chi connectivity index (χ0v) is 7.54. The minimum atomic E-state index is -1.25. The lowest BCUT2D eigenvalue weighted by molar-refractivity contribution is 0.0690. The quantitative estimate of drug-likeness (QED) is 0.681. The van der Waals surface area contributed by atoms with Crippen LogP contribution in [0, 0.1) is 0 Å². The maximum absolute atomic E-state index is 11.5. The minimum Gasteiger partial charge on any atom is -0.477 e. The molecule has 0 fully saturated rings. The van der Waals surface area contributed by atoms with Crippen LogP contribution in [0.3, 0.4) is 0 Å². The first-order chi connectivity index (χ1) is 7.09. The lowest BCUT2D eigenvalue weighted by Crippen LogP contribution is -2.18. The molecule has 2 heterocycles. The van der Waals surface area contributed by atoms with Gasteiger partial charge in [0.1, 0.15) is 0 Å². The zero-order chi connectivity index (χ0) is 11.0. The molecular weight excluding hydrogens is 198 g/mol. The molecule has 0 amide bonds. The summed E-state index contributed by atoms with van der Waals surface area (Å²) in [6.07, 6.45) is 1.48. The highest BCUT2D eigenvalue weighted by atomic mass is 16.4. The number of nitrogen functional groups attached to an aromatic ring is 1. The van der Waals surface area contributed by atoms with Gasteiger partial charge in [0.05, 0.1) is 5.69 Å². The Balaban J connectivity index is 2.92. The maximum Gasteiger partial charge on any atom is 0.354 e. The highest BCUT2D eigenvalue weighted by Gasteiger charge is 2.09. The molecule has 0 atom stereocenters. The molecule has 0 saturated carbocycles. The summed E-state index contributed by atoms with van der Waals surface area (Å²) in [5.74, 6) is -1.25. The standard InChI is InChI=1S/C9H7N3O3/c10-5-2-1-3-12-7(13)4-6(9(14)15)11-8(5)12/h1-4H,10H2,(H,14,15). The largest absolute Gasteiger partial charge is 0.477 e. The third kappa shape index (κ3) is 1.41. The molecule has 0 aliphatic carbocycles. The van der Waals surface area contributed by atoms with E-state index in [1.165, 1.54) is 10.6 Å². The number of anilines is 1. The van der Waals surface area contributed by atoms with Crippen LogP contribution in [0.4, 0.5) is 5.69 Å². The summed E-state index contributed by atoms with van der Waals surface area (Å²) in [5.41, 5.74) is 5.22. The maximum atomic E-state index is 11.5. The molecule has 0 saturated heterocycles. The molecule has 0 aliphatic heterocycles. The van der Waals surface area contributed by atoms with Crippen LogP contribution in [0.2, 0.25) is 0 Å². The van der Waals surface area contributed by atoms with Crippen molar-refractivity contribution in [3.05, 3.63) is 40.4 Å². The van der Waals surface area contributed by atoms with Crippen LogP contribution in [-0.2, 0) is 0 Å². The first kappa shape index (κ1) is 9.20. The number of pyridine rings is 1. The van der Waals surface area contributed by atoms with Crippen LogP contribution < -0.4 is 11.3 Å². The van der Waals surface area contributed by atoms with Crippen molar-refractivity contribution in [1.29, 1.82) is 0 Å². The van der Waals surface area contributed by atoms with E-state index in [1.807, 2.05) is 0 Å². The Kier molecular flexibility index (Phi) is 1.89. The zero-order valence-electron chi connectivity index (χ0n) is 7.54. The van der Waals surface area contributed by atoms with Crippen molar-refractivity contribution in [1.82, 2.24) is 9.38 Å². The van der Waals surface area contributed by atoms with Gasteiger partial charge < -0.3 is 10.8 Å². The SMILES string of the molecule is Nc1cccn2c(=O)cc(C(=O)O)nc12. The molecule has 0 aliphatic rings. The Labute approximate surface area is 83.6 Å². The van der Waals surface area contributed by atoms with Gasteiger partial charge in [0.15, 0.2) is 11.3 Å². The second-order valence-corrected chi connectivity index (χ2v) is 2.94. The van der Waals surface area contributed by atoms with Crippen molar-refractivity contribution in [3.8, 4) is 0 Å². The molecule has 76 valence electrons. The highest BCUT2D eigenvalue weighted by molar-refractivity contribution is 5.86. The van der Waals surface area contributed by atoms with Gasteiger partial charge in [0.25, 0.3) is 5.56 Å². The number of aromatic nitrogens is 2. The predicted octanol–water partition coefficient (Wildman–Crippen LogP) is -0.0251.